The van der Waals surface area contributed by atoms with E-state index in [1.807, 2.05) is 0 Å². The van der Waals surface area contributed by atoms with Crippen molar-refractivity contribution < 1.29 is 37.6 Å². The van der Waals surface area contributed by atoms with E-state index in [0.29, 0.717) is 12.8 Å². The normalized spacial score (nSPS) is 13.9. The van der Waals surface area contributed by atoms with E-state index >= 15 is 0 Å². The van der Waals surface area contributed by atoms with Gasteiger partial charge in [0.05, 0.1) is 13.2 Å². The van der Waals surface area contributed by atoms with Gasteiger partial charge >= 0.3 is 19.8 Å². The van der Waals surface area contributed by atoms with Crippen LogP contribution < -0.4 is 5.73 Å². The predicted molar refractivity (Wildman–Crippen MR) is 247 cm³/mol. The highest BCUT2D eigenvalue weighted by Gasteiger charge is 2.26. The molecule has 0 amide bonds. The van der Waals surface area contributed by atoms with Crippen LogP contribution in [-0.4, -0.2) is 49.3 Å². The third-order valence-electron chi connectivity index (χ3n) is 9.58. The molecule has 0 rings (SSSR count). The van der Waals surface area contributed by atoms with Gasteiger partial charge in [0, 0.05) is 19.4 Å². The summed E-state index contributed by atoms with van der Waals surface area (Å²) in [5, 5.41) is 0. The van der Waals surface area contributed by atoms with Crippen LogP contribution in [0.1, 0.15) is 194 Å². The highest BCUT2D eigenvalue weighted by atomic mass is 31.2. The standard InChI is InChI=1S/C49H86NO8P/c1-3-5-7-9-11-13-15-17-19-21-23-25-27-29-31-33-35-37-39-41-48(51)55-45-47(46-57-59(53,54)56-44-43-50)58-49(52)42-40-38-36-34-32-30-28-26-24-22-20-18-16-14-12-10-8-6-4-2/h5,7,11,13,17-20,23,25,29,31,47H,3-4,6,8-10,12,14-16,21-22,24,26-28,30,32-46,50H2,1-2H3,(H,53,54)/b7-5-,13-11-,19-17-,20-18-,25-23-,31-29-/t47-/m1/s1. The molecule has 59 heavy (non-hydrogen) atoms. The molecule has 340 valence electrons. The van der Waals surface area contributed by atoms with Gasteiger partial charge in [0.1, 0.15) is 6.61 Å². The fourth-order valence-electron chi connectivity index (χ4n) is 6.13. The molecule has 0 aromatic heterocycles. The molecule has 0 saturated heterocycles. The Balaban J connectivity index is 4.18. The van der Waals surface area contributed by atoms with Crippen molar-refractivity contribution >= 4 is 19.8 Å². The molecular weight excluding hydrogens is 762 g/mol. The molecule has 1 unspecified atom stereocenters. The van der Waals surface area contributed by atoms with Crippen molar-refractivity contribution in [2.75, 3.05) is 26.4 Å². The molecule has 0 aliphatic heterocycles. The number of rotatable bonds is 43. The number of phosphoric ester groups is 1. The van der Waals surface area contributed by atoms with Gasteiger partial charge in [-0.2, -0.15) is 0 Å². The number of phosphoric acid groups is 1. The second kappa shape index (κ2) is 45.0. The van der Waals surface area contributed by atoms with E-state index in [0.717, 1.165) is 70.6 Å². The third-order valence-corrected chi connectivity index (χ3v) is 10.6. The maximum absolute atomic E-state index is 12.6. The quantitative estimate of drug-likeness (QED) is 0.0266. The lowest BCUT2D eigenvalue weighted by Gasteiger charge is -2.19. The van der Waals surface area contributed by atoms with Crippen LogP contribution in [0.15, 0.2) is 72.9 Å². The van der Waals surface area contributed by atoms with Crippen molar-refractivity contribution in [2.24, 2.45) is 5.73 Å². The number of hydrogen-bond acceptors (Lipinski definition) is 8. The number of unbranched alkanes of at least 4 members (excludes halogenated alkanes) is 18. The van der Waals surface area contributed by atoms with Gasteiger partial charge in [-0.15, -0.1) is 0 Å². The summed E-state index contributed by atoms with van der Waals surface area (Å²) in [6.45, 7) is 3.58. The molecule has 2 atom stereocenters. The monoisotopic (exact) mass is 848 g/mol. The Morgan fingerprint density at radius 3 is 1.42 bits per heavy atom. The molecule has 0 spiro atoms. The first kappa shape index (κ1) is 56.5. The summed E-state index contributed by atoms with van der Waals surface area (Å²) in [5.74, 6) is -0.871. The molecule has 0 aliphatic rings. The zero-order valence-corrected chi connectivity index (χ0v) is 38.4. The fourth-order valence-corrected chi connectivity index (χ4v) is 6.89. The molecule has 0 aromatic rings. The first-order chi connectivity index (χ1) is 28.8. The first-order valence-corrected chi connectivity index (χ1v) is 24.9. The van der Waals surface area contributed by atoms with E-state index in [9.17, 15) is 19.0 Å². The summed E-state index contributed by atoms with van der Waals surface area (Å²) in [4.78, 5) is 35.0. The van der Waals surface area contributed by atoms with Crippen molar-refractivity contribution in [1.29, 1.82) is 0 Å². The Labute approximate surface area is 361 Å². The van der Waals surface area contributed by atoms with Crippen molar-refractivity contribution in [3.63, 3.8) is 0 Å². The van der Waals surface area contributed by atoms with E-state index in [-0.39, 0.29) is 32.6 Å². The molecule has 0 radical (unpaired) electrons. The van der Waals surface area contributed by atoms with Crippen LogP contribution in [0.4, 0.5) is 0 Å². The number of ether oxygens (including phenoxy) is 2. The van der Waals surface area contributed by atoms with Gasteiger partial charge in [-0.05, 0) is 83.5 Å². The summed E-state index contributed by atoms with van der Waals surface area (Å²) in [5.41, 5.74) is 5.35. The van der Waals surface area contributed by atoms with E-state index < -0.39 is 32.5 Å². The van der Waals surface area contributed by atoms with Gasteiger partial charge in [0.25, 0.3) is 0 Å². The summed E-state index contributed by atoms with van der Waals surface area (Å²) in [6.07, 6.45) is 55.0. The van der Waals surface area contributed by atoms with Gasteiger partial charge in [-0.25, -0.2) is 4.57 Å². The minimum atomic E-state index is -4.39. The third kappa shape index (κ3) is 44.8. The molecular formula is C49H86NO8P. The van der Waals surface area contributed by atoms with Crippen LogP contribution in [0.25, 0.3) is 0 Å². The molecule has 0 aromatic carbocycles. The molecule has 3 N–H and O–H groups in total. The molecule has 0 bridgehead atoms. The van der Waals surface area contributed by atoms with E-state index in [1.165, 1.54) is 83.5 Å². The maximum Gasteiger partial charge on any atom is 0.472 e. The Bertz CT molecular complexity index is 1190. The molecule has 0 fully saturated rings. The number of hydrogen-bond donors (Lipinski definition) is 2. The number of carbonyl (C=O) groups excluding carboxylic acids is 2. The zero-order chi connectivity index (χ0) is 43.2. The molecule has 0 aliphatic carbocycles. The predicted octanol–water partition coefficient (Wildman–Crippen LogP) is 13.8. The van der Waals surface area contributed by atoms with Crippen LogP contribution in [-0.2, 0) is 32.7 Å². The maximum atomic E-state index is 12.6. The largest absolute Gasteiger partial charge is 0.472 e. The lowest BCUT2D eigenvalue weighted by Crippen LogP contribution is -2.29. The summed E-state index contributed by atoms with van der Waals surface area (Å²) in [6, 6.07) is 0. The van der Waals surface area contributed by atoms with Crippen LogP contribution in [0.3, 0.4) is 0 Å². The number of nitrogens with two attached hydrogens (primary N) is 1. The first-order valence-electron chi connectivity index (χ1n) is 23.4. The minimum Gasteiger partial charge on any atom is -0.462 e. The summed E-state index contributed by atoms with van der Waals surface area (Å²) < 4.78 is 32.8. The molecule has 9 nitrogen and oxygen atoms in total. The highest BCUT2D eigenvalue weighted by Crippen LogP contribution is 2.43. The van der Waals surface area contributed by atoms with Gasteiger partial charge in [0.15, 0.2) is 6.10 Å². The van der Waals surface area contributed by atoms with Gasteiger partial charge in [-0.3, -0.25) is 18.6 Å². The zero-order valence-electron chi connectivity index (χ0n) is 37.5. The second-order valence-electron chi connectivity index (χ2n) is 15.2. The molecule has 10 heteroatoms. The Morgan fingerprint density at radius 1 is 0.525 bits per heavy atom. The van der Waals surface area contributed by atoms with Crippen LogP contribution in [0, 0.1) is 0 Å². The van der Waals surface area contributed by atoms with Crippen molar-refractivity contribution in [2.45, 2.75) is 200 Å². The van der Waals surface area contributed by atoms with Crippen molar-refractivity contribution in [1.82, 2.24) is 0 Å². The van der Waals surface area contributed by atoms with Crippen LogP contribution in [0.5, 0.6) is 0 Å². The van der Waals surface area contributed by atoms with Crippen LogP contribution in [0.2, 0.25) is 0 Å². The van der Waals surface area contributed by atoms with Gasteiger partial charge in [-0.1, -0.05) is 170 Å². The Kier molecular flexibility index (Phi) is 43.0. The van der Waals surface area contributed by atoms with Gasteiger partial charge < -0.3 is 20.1 Å². The summed E-state index contributed by atoms with van der Waals surface area (Å²) >= 11 is 0. The average molecular weight is 848 g/mol. The van der Waals surface area contributed by atoms with Crippen molar-refractivity contribution in [3.05, 3.63) is 72.9 Å². The minimum absolute atomic E-state index is 0.0452. The number of esters is 2. The number of allylic oxidation sites excluding steroid dienone is 12. The topological polar surface area (TPSA) is 134 Å². The van der Waals surface area contributed by atoms with Crippen LogP contribution >= 0.6 is 7.82 Å². The fraction of sp³-hybridized carbons (Fsp3) is 0.714. The molecule has 0 heterocycles. The van der Waals surface area contributed by atoms with Gasteiger partial charge in [0.2, 0.25) is 0 Å². The highest BCUT2D eigenvalue weighted by molar-refractivity contribution is 7.47. The lowest BCUT2D eigenvalue weighted by molar-refractivity contribution is -0.161. The number of carbonyl (C=O) groups is 2. The second-order valence-corrected chi connectivity index (χ2v) is 16.7. The SMILES string of the molecule is CC/C=C\C/C=C\C/C=C\C/C=C\C/C=C\CCCCCC(=O)OC[C@H](COP(=O)(O)OCCN)OC(=O)CCCCCCCCCCC/C=C\CCCCCCCC. The molecule has 0 saturated carbocycles. The average Bonchev–Trinajstić information content (AvgIpc) is 3.22. The van der Waals surface area contributed by atoms with E-state index in [2.05, 4.69) is 86.8 Å². The Morgan fingerprint density at radius 2 is 0.932 bits per heavy atom. The Hall–Kier alpha value is -2.55. The lowest BCUT2D eigenvalue weighted by atomic mass is 10.1. The van der Waals surface area contributed by atoms with Crippen molar-refractivity contribution in [3.8, 4) is 0 Å². The van der Waals surface area contributed by atoms with E-state index in [1.54, 1.807) is 0 Å². The summed E-state index contributed by atoms with van der Waals surface area (Å²) in [7, 11) is -4.39. The van der Waals surface area contributed by atoms with E-state index in [4.69, 9.17) is 24.3 Å². The smallest absolute Gasteiger partial charge is 0.462 e.